The standard InChI is InChI=1S/C20H18Cl2N4OS/c1-12-18(20(23)27)24-26(16-8-6-13(21)11-15(16)22)19(12)17-9-7-14(28-17)5-4-10-25(2)3/h6-9,11H,10H2,1-3H3,(H2,23,27). The molecule has 5 nitrogen and oxygen atoms in total. The van der Waals surface area contributed by atoms with E-state index in [1.54, 1.807) is 22.9 Å². The Balaban J connectivity index is 2.13. The van der Waals surface area contributed by atoms with Crippen LogP contribution in [0.3, 0.4) is 0 Å². The lowest BCUT2D eigenvalue weighted by Crippen LogP contribution is -2.13. The van der Waals surface area contributed by atoms with Crippen LogP contribution in [0.15, 0.2) is 30.3 Å². The molecule has 0 bridgehead atoms. The number of benzene rings is 1. The van der Waals surface area contributed by atoms with Crippen molar-refractivity contribution in [2.24, 2.45) is 5.73 Å². The van der Waals surface area contributed by atoms with Crippen LogP contribution < -0.4 is 5.73 Å². The third-order valence-corrected chi connectivity index (χ3v) is 5.49. The van der Waals surface area contributed by atoms with Crippen LogP contribution in [-0.2, 0) is 0 Å². The zero-order valence-electron chi connectivity index (χ0n) is 15.6. The number of nitrogens with zero attached hydrogens (tertiary/aromatic N) is 3. The second-order valence-corrected chi connectivity index (χ2v) is 8.32. The average Bonchev–Trinajstić information content (AvgIpc) is 3.19. The minimum absolute atomic E-state index is 0.203. The Kier molecular flexibility index (Phi) is 6.11. The second-order valence-electron chi connectivity index (χ2n) is 6.40. The normalized spacial score (nSPS) is 10.8. The maximum atomic E-state index is 11.9. The predicted octanol–water partition coefficient (Wildman–Crippen LogP) is 4.23. The van der Waals surface area contributed by atoms with Crippen molar-refractivity contribution in [2.45, 2.75) is 6.92 Å². The SMILES string of the molecule is Cc1c(C(N)=O)nn(-c2ccc(Cl)cc2Cl)c1-c1ccc(C#CCN(C)C)s1. The van der Waals surface area contributed by atoms with Crippen molar-refractivity contribution in [1.82, 2.24) is 14.7 Å². The zero-order chi connectivity index (χ0) is 20.4. The maximum Gasteiger partial charge on any atom is 0.269 e. The van der Waals surface area contributed by atoms with Crippen LogP contribution >= 0.6 is 34.5 Å². The highest BCUT2D eigenvalue weighted by atomic mass is 35.5. The topological polar surface area (TPSA) is 64.2 Å². The molecule has 1 aromatic carbocycles. The first-order valence-corrected chi connectivity index (χ1v) is 9.94. The van der Waals surface area contributed by atoms with Gasteiger partial charge in [-0.3, -0.25) is 9.69 Å². The Morgan fingerprint density at radius 2 is 2.04 bits per heavy atom. The molecule has 2 N–H and O–H groups in total. The quantitative estimate of drug-likeness (QED) is 0.627. The number of hydrogen-bond donors (Lipinski definition) is 1. The van der Waals surface area contributed by atoms with Crippen molar-refractivity contribution in [2.75, 3.05) is 20.6 Å². The van der Waals surface area contributed by atoms with Gasteiger partial charge in [-0.25, -0.2) is 4.68 Å². The molecule has 2 aromatic heterocycles. The van der Waals surface area contributed by atoms with Crippen molar-refractivity contribution in [3.63, 3.8) is 0 Å². The minimum atomic E-state index is -0.592. The van der Waals surface area contributed by atoms with Gasteiger partial charge in [0.2, 0.25) is 0 Å². The monoisotopic (exact) mass is 432 g/mol. The smallest absolute Gasteiger partial charge is 0.269 e. The highest BCUT2D eigenvalue weighted by molar-refractivity contribution is 7.16. The van der Waals surface area contributed by atoms with Gasteiger partial charge in [0.15, 0.2) is 5.69 Å². The van der Waals surface area contributed by atoms with Crippen LogP contribution in [0.25, 0.3) is 16.3 Å². The number of rotatable bonds is 4. The fourth-order valence-electron chi connectivity index (χ4n) is 2.66. The number of aromatic nitrogens is 2. The summed E-state index contributed by atoms with van der Waals surface area (Å²) >= 11 is 13.9. The second kappa shape index (κ2) is 8.38. The van der Waals surface area contributed by atoms with E-state index in [2.05, 4.69) is 16.9 Å². The van der Waals surface area contributed by atoms with Crippen LogP contribution in [0.2, 0.25) is 10.0 Å². The lowest BCUT2D eigenvalue weighted by molar-refractivity contribution is 0.0994. The van der Waals surface area contributed by atoms with Gasteiger partial charge in [-0.2, -0.15) is 5.10 Å². The molecule has 0 spiro atoms. The Morgan fingerprint density at radius 1 is 1.29 bits per heavy atom. The third-order valence-electron chi connectivity index (χ3n) is 3.94. The Hall–Kier alpha value is -2.30. The summed E-state index contributed by atoms with van der Waals surface area (Å²) < 4.78 is 1.64. The molecular formula is C20H18Cl2N4OS. The molecule has 0 saturated carbocycles. The number of carbonyl (C=O) groups is 1. The fourth-order valence-corrected chi connectivity index (χ4v) is 4.12. The summed E-state index contributed by atoms with van der Waals surface area (Å²) in [4.78, 5) is 15.7. The number of nitrogens with two attached hydrogens (primary N) is 1. The van der Waals surface area contributed by atoms with Crippen molar-refractivity contribution < 1.29 is 4.79 Å². The maximum absolute atomic E-state index is 11.9. The number of carbonyl (C=O) groups excluding carboxylic acids is 1. The Bertz CT molecular complexity index is 1110. The summed E-state index contributed by atoms with van der Waals surface area (Å²) in [7, 11) is 3.94. The molecule has 0 aliphatic carbocycles. The van der Waals surface area contributed by atoms with Gasteiger partial charge in [-0.05, 0) is 51.4 Å². The summed E-state index contributed by atoms with van der Waals surface area (Å²) in [5.74, 6) is 5.68. The molecule has 1 amide bonds. The van der Waals surface area contributed by atoms with Crippen molar-refractivity contribution in [3.05, 3.63) is 56.5 Å². The van der Waals surface area contributed by atoms with Gasteiger partial charge in [-0.15, -0.1) is 11.3 Å². The zero-order valence-corrected chi connectivity index (χ0v) is 17.9. The number of halogens is 2. The summed E-state index contributed by atoms with van der Waals surface area (Å²) in [5, 5.41) is 5.36. The molecule has 28 heavy (non-hydrogen) atoms. The van der Waals surface area contributed by atoms with Crippen molar-refractivity contribution >= 4 is 40.4 Å². The van der Waals surface area contributed by atoms with E-state index in [0.717, 1.165) is 15.4 Å². The molecule has 0 unspecified atom stereocenters. The van der Waals surface area contributed by atoms with Gasteiger partial charge in [0.05, 0.1) is 32.7 Å². The van der Waals surface area contributed by atoms with Gasteiger partial charge in [0.1, 0.15) is 0 Å². The summed E-state index contributed by atoms with van der Waals surface area (Å²) in [6.07, 6.45) is 0. The van der Waals surface area contributed by atoms with Crippen LogP contribution in [0.4, 0.5) is 0 Å². The summed E-state index contributed by atoms with van der Waals surface area (Å²) in [6.45, 7) is 2.50. The molecule has 3 aromatic rings. The average molecular weight is 433 g/mol. The van der Waals surface area contributed by atoms with E-state index < -0.39 is 5.91 Å². The molecule has 0 atom stereocenters. The molecule has 144 valence electrons. The number of hydrogen-bond acceptors (Lipinski definition) is 4. The van der Waals surface area contributed by atoms with Crippen molar-refractivity contribution in [1.29, 1.82) is 0 Å². The largest absolute Gasteiger partial charge is 0.364 e. The van der Waals surface area contributed by atoms with E-state index >= 15 is 0 Å². The minimum Gasteiger partial charge on any atom is -0.364 e. The molecule has 0 radical (unpaired) electrons. The number of primary amides is 1. The summed E-state index contributed by atoms with van der Waals surface area (Å²) in [5.41, 5.74) is 7.78. The highest BCUT2D eigenvalue weighted by Gasteiger charge is 2.22. The first-order chi connectivity index (χ1) is 13.3. The van der Waals surface area contributed by atoms with E-state index in [0.29, 0.717) is 27.8 Å². The van der Waals surface area contributed by atoms with Gasteiger partial charge in [-0.1, -0.05) is 35.0 Å². The summed E-state index contributed by atoms with van der Waals surface area (Å²) in [6, 6.07) is 9.03. The van der Waals surface area contributed by atoms with E-state index in [1.165, 1.54) is 11.3 Å². The van der Waals surface area contributed by atoms with Gasteiger partial charge in [0.25, 0.3) is 5.91 Å². The van der Waals surface area contributed by atoms with Gasteiger partial charge in [0, 0.05) is 10.6 Å². The van der Waals surface area contributed by atoms with Crippen LogP contribution in [0.5, 0.6) is 0 Å². The molecule has 0 aliphatic rings. The predicted molar refractivity (Wildman–Crippen MR) is 116 cm³/mol. The Labute approximate surface area is 177 Å². The first kappa shape index (κ1) is 20.4. The highest BCUT2D eigenvalue weighted by Crippen LogP contribution is 2.35. The first-order valence-electron chi connectivity index (χ1n) is 8.36. The molecular weight excluding hydrogens is 415 g/mol. The van der Waals surface area contributed by atoms with E-state index in [9.17, 15) is 4.79 Å². The molecule has 0 fully saturated rings. The third kappa shape index (κ3) is 4.23. The number of thiophene rings is 1. The van der Waals surface area contributed by atoms with Crippen molar-refractivity contribution in [3.8, 4) is 28.1 Å². The molecule has 8 heteroatoms. The van der Waals surface area contributed by atoms with E-state index in [-0.39, 0.29) is 5.69 Å². The van der Waals surface area contributed by atoms with E-state index in [1.807, 2.05) is 38.1 Å². The molecule has 0 aliphatic heterocycles. The van der Waals surface area contributed by atoms with Gasteiger partial charge < -0.3 is 5.73 Å². The Morgan fingerprint density at radius 3 is 2.68 bits per heavy atom. The van der Waals surface area contributed by atoms with Crippen LogP contribution in [-0.4, -0.2) is 41.2 Å². The van der Waals surface area contributed by atoms with E-state index in [4.69, 9.17) is 28.9 Å². The lowest BCUT2D eigenvalue weighted by Gasteiger charge is -2.09. The fraction of sp³-hybridized carbons (Fsp3) is 0.200. The van der Waals surface area contributed by atoms with Gasteiger partial charge >= 0.3 is 0 Å². The van der Waals surface area contributed by atoms with Crippen LogP contribution in [0, 0.1) is 18.8 Å². The lowest BCUT2D eigenvalue weighted by atomic mass is 10.1. The molecule has 0 saturated heterocycles. The molecule has 2 heterocycles. The molecule has 3 rings (SSSR count). The van der Waals surface area contributed by atoms with Crippen LogP contribution in [0.1, 0.15) is 20.9 Å². The number of amides is 1.